The van der Waals surface area contributed by atoms with Crippen LogP contribution >= 0.6 is 11.6 Å². The second-order valence-electron chi connectivity index (χ2n) is 9.29. The van der Waals surface area contributed by atoms with E-state index < -0.39 is 5.82 Å². The van der Waals surface area contributed by atoms with Crippen molar-refractivity contribution in [3.8, 4) is 0 Å². The largest absolute Gasteiger partial charge is 0.459 e. The van der Waals surface area contributed by atoms with Crippen LogP contribution in [0.4, 0.5) is 4.39 Å². The van der Waals surface area contributed by atoms with E-state index in [0.717, 1.165) is 31.6 Å². The molecule has 3 aromatic rings. The van der Waals surface area contributed by atoms with Crippen molar-refractivity contribution in [2.75, 3.05) is 32.7 Å². The number of likely N-dealkylation sites (tertiary alicyclic amines) is 2. The Hall–Kier alpha value is -3.16. The zero-order valence-corrected chi connectivity index (χ0v) is 20.0. The summed E-state index contributed by atoms with van der Waals surface area (Å²) in [6.07, 6.45) is 2.24. The van der Waals surface area contributed by atoms with E-state index in [9.17, 15) is 14.0 Å². The van der Waals surface area contributed by atoms with Gasteiger partial charge >= 0.3 is 0 Å². The number of benzene rings is 2. The molecule has 182 valence electrons. The van der Waals surface area contributed by atoms with Crippen LogP contribution in [0.2, 0.25) is 5.02 Å². The van der Waals surface area contributed by atoms with Crippen LogP contribution in [0.25, 0.3) is 0 Å². The minimum absolute atomic E-state index is 0.0380. The molecule has 2 aliphatic heterocycles. The van der Waals surface area contributed by atoms with Crippen molar-refractivity contribution >= 4 is 23.4 Å². The molecule has 2 aromatic carbocycles. The summed E-state index contributed by atoms with van der Waals surface area (Å²) in [5.41, 5.74) is 1.01. The smallest absolute Gasteiger partial charge is 0.287 e. The lowest BCUT2D eigenvalue weighted by Gasteiger charge is -2.25. The van der Waals surface area contributed by atoms with E-state index in [2.05, 4.69) is 10.2 Å². The summed E-state index contributed by atoms with van der Waals surface area (Å²) in [4.78, 5) is 29.7. The fourth-order valence-electron chi connectivity index (χ4n) is 5.26. The molecule has 2 saturated heterocycles. The van der Waals surface area contributed by atoms with Gasteiger partial charge in [-0.05, 0) is 48.1 Å². The number of nitrogens with zero attached hydrogens (tertiary/aromatic N) is 2. The van der Waals surface area contributed by atoms with E-state index in [1.165, 1.54) is 18.4 Å². The standard InChI is InChI=1S/C27H27ClFN3O3/c28-21-8-4-9-22(29)25(21)27(34)32-16-19-14-31(15-20(19)17-32)12-11-23(18-6-2-1-3-7-18)30-26(33)24-10-5-13-35-24/h1-10,13,19-20,23H,11-12,14-17H2,(H,30,33)/t19-,20?,23?/m0/s1. The highest BCUT2D eigenvalue weighted by atomic mass is 35.5. The molecular weight excluding hydrogens is 469 g/mol. The van der Waals surface area contributed by atoms with Crippen LogP contribution in [0.3, 0.4) is 0 Å². The van der Waals surface area contributed by atoms with Crippen molar-refractivity contribution in [3.05, 3.63) is 94.7 Å². The van der Waals surface area contributed by atoms with Gasteiger partial charge in [-0.3, -0.25) is 9.59 Å². The number of halogens is 2. The van der Waals surface area contributed by atoms with E-state index >= 15 is 0 Å². The highest BCUT2D eigenvalue weighted by molar-refractivity contribution is 6.33. The fraction of sp³-hybridized carbons (Fsp3) is 0.333. The molecule has 2 fully saturated rings. The second-order valence-corrected chi connectivity index (χ2v) is 9.70. The fourth-order valence-corrected chi connectivity index (χ4v) is 5.50. The van der Waals surface area contributed by atoms with Gasteiger partial charge in [-0.2, -0.15) is 0 Å². The van der Waals surface area contributed by atoms with Gasteiger partial charge in [-0.15, -0.1) is 0 Å². The summed E-state index contributed by atoms with van der Waals surface area (Å²) in [5, 5.41) is 3.25. The van der Waals surface area contributed by atoms with Crippen LogP contribution in [0.5, 0.6) is 0 Å². The maximum Gasteiger partial charge on any atom is 0.287 e. The van der Waals surface area contributed by atoms with Crippen LogP contribution in [0, 0.1) is 17.7 Å². The third kappa shape index (κ3) is 5.11. The van der Waals surface area contributed by atoms with Crippen molar-refractivity contribution in [1.29, 1.82) is 0 Å². The molecule has 8 heteroatoms. The molecule has 0 spiro atoms. The summed E-state index contributed by atoms with van der Waals surface area (Å²) < 4.78 is 19.5. The summed E-state index contributed by atoms with van der Waals surface area (Å²) in [6.45, 7) is 3.75. The molecule has 1 aromatic heterocycles. The summed E-state index contributed by atoms with van der Waals surface area (Å²) in [7, 11) is 0. The number of carbonyl (C=O) groups is 2. The van der Waals surface area contributed by atoms with Gasteiger partial charge in [0.1, 0.15) is 5.82 Å². The SMILES string of the molecule is O=C(NC(CCN1CC2CN(C(=O)c3c(F)cccc3Cl)C[C@@H]2C1)c1ccccc1)c1ccco1. The van der Waals surface area contributed by atoms with Crippen molar-refractivity contribution in [1.82, 2.24) is 15.1 Å². The summed E-state index contributed by atoms with van der Waals surface area (Å²) >= 11 is 6.11. The molecule has 35 heavy (non-hydrogen) atoms. The van der Waals surface area contributed by atoms with Crippen LogP contribution in [0.15, 0.2) is 71.3 Å². The maximum absolute atomic E-state index is 14.2. The van der Waals surface area contributed by atoms with Crippen molar-refractivity contribution in [3.63, 3.8) is 0 Å². The predicted octanol–water partition coefficient (Wildman–Crippen LogP) is 4.64. The van der Waals surface area contributed by atoms with Gasteiger partial charge in [0.05, 0.1) is 22.9 Å². The maximum atomic E-state index is 14.2. The predicted molar refractivity (Wildman–Crippen MR) is 131 cm³/mol. The first-order valence-electron chi connectivity index (χ1n) is 11.8. The van der Waals surface area contributed by atoms with Crippen molar-refractivity contribution < 1.29 is 18.4 Å². The lowest BCUT2D eigenvalue weighted by atomic mass is 10.0. The number of fused-ring (bicyclic) bond motifs is 1. The molecule has 0 aliphatic carbocycles. The first-order valence-corrected chi connectivity index (χ1v) is 12.2. The third-order valence-electron chi connectivity index (χ3n) is 7.01. The Morgan fingerprint density at radius 1 is 1.00 bits per heavy atom. The first kappa shape index (κ1) is 23.6. The normalized spacial score (nSPS) is 20.6. The number of hydrogen-bond acceptors (Lipinski definition) is 4. The Balaban J connectivity index is 1.18. The molecule has 5 rings (SSSR count). The van der Waals surface area contributed by atoms with E-state index in [0.29, 0.717) is 30.7 Å². The van der Waals surface area contributed by atoms with Crippen LogP contribution in [-0.4, -0.2) is 54.3 Å². The monoisotopic (exact) mass is 495 g/mol. The lowest BCUT2D eigenvalue weighted by Crippen LogP contribution is -2.35. The zero-order chi connectivity index (χ0) is 24.4. The quantitative estimate of drug-likeness (QED) is 0.518. The molecule has 2 unspecified atom stereocenters. The van der Waals surface area contributed by atoms with Crippen LogP contribution in [-0.2, 0) is 0 Å². The van der Waals surface area contributed by atoms with Gasteiger partial charge < -0.3 is 19.5 Å². The van der Waals surface area contributed by atoms with Gasteiger partial charge in [0.15, 0.2) is 5.76 Å². The number of carbonyl (C=O) groups excluding carboxylic acids is 2. The highest BCUT2D eigenvalue weighted by Gasteiger charge is 2.42. The minimum Gasteiger partial charge on any atom is -0.459 e. The molecule has 2 amide bonds. The Morgan fingerprint density at radius 3 is 2.40 bits per heavy atom. The van der Waals surface area contributed by atoms with Gasteiger partial charge in [-0.1, -0.05) is 48.0 Å². The first-order chi connectivity index (χ1) is 17.0. The van der Waals surface area contributed by atoms with E-state index in [4.69, 9.17) is 16.0 Å². The zero-order valence-electron chi connectivity index (χ0n) is 19.2. The molecule has 0 bridgehead atoms. The molecule has 3 heterocycles. The molecule has 3 atom stereocenters. The summed E-state index contributed by atoms with van der Waals surface area (Å²) in [5.74, 6) is -0.164. The molecule has 2 aliphatic rings. The van der Waals surface area contributed by atoms with Crippen molar-refractivity contribution in [2.24, 2.45) is 11.8 Å². The second kappa shape index (κ2) is 10.2. The molecular formula is C27H27ClFN3O3. The topological polar surface area (TPSA) is 65.8 Å². The van der Waals surface area contributed by atoms with Gasteiger partial charge in [0.25, 0.3) is 11.8 Å². The van der Waals surface area contributed by atoms with E-state index in [1.807, 2.05) is 30.3 Å². The average molecular weight is 496 g/mol. The molecule has 1 N–H and O–H groups in total. The van der Waals surface area contributed by atoms with Crippen LogP contribution < -0.4 is 5.32 Å². The number of rotatable bonds is 7. The molecule has 6 nitrogen and oxygen atoms in total. The number of amides is 2. The van der Waals surface area contributed by atoms with Gasteiger partial charge in [-0.25, -0.2) is 4.39 Å². The Morgan fingerprint density at radius 2 is 1.74 bits per heavy atom. The van der Waals surface area contributed by atoms with Gasteiger partial charge in [0, 0.05) is 32.7 Å². The summed E-state index contributed by atoms with van der Waals surface area (Å²) in [6, 6.07) is 17.5. The lowest BCUT2D eigenvalue weighted by molar-refractivity contribution is 0.0769. The molecule has 0 radical (unpaired) electrons. The highest BCUT2D eigenvalue weighted by Crippen LogP contribution is 2.33. The number of nitrogens with one attached hydrogen (secondary N) is 1. The Labute approximate surface area is 208 Å². The number of furan rings is 1. The Bertz CT molecular complexity index is 1150. The van der Waals surface area contributed by atoms with Crippen LogP contribution in [0.1, 0.15) is 38.9 Å². The van der Waals surface area contributed by atoms with Gasteiger partial charge in [0.2, 0.25) is 0 Å². The minimum atomic E-state index is -0.579. The van der Waals surface area contributed by atoms with E-state index in [-0.39, 0.29) is 28.4 Å². The number of hydrogen-bond donors (Lipinski definition) is 1. The van der Waals surface area contributed by atoms with E-state index in [1.54, 1.807) is 23.1 Å². The Kier molecular flexibility index (Phi) is 6.88. The third-order valence-corrected chi connectivity index (χ3v) is 7.33. The average Bonchev–Trinajstić information content (AvgIpc) is 3.59. The van der Waals surface area contributed by atoms with Crippen molar-refractivity contribution in [2.45, 2.75) is 12.5 Å². The molecule has 0 saturated carbocycles.